The monoisotopic (exact) mass is 347 g/mol. The Morgan fingerprint density at radius 2 is 2.11 bits per heavy atom. The molecule has 0 saturated heterocycles. The number of nitrogens with zero attached hydrogens (tertiary/aromatic N) is 1. The molecule has 0 aromatic heterocycles. The molecule has 1 rings (SSSR count). The standard InChI is InChI=1S/C13H15BrClNO3/c1-3-8(2)16(7-11(17)18)13(19)9-5-4-6-10(14)12(9)15/h4-6,8H,3,7H2,1-2H3,(H,17,18). The van der Waals surface area contributed by atoms with E-state index in [-0.39, 0.29) is 18.5 Å². The van der Waals surface area contributed by atoms with Crippen LogP contribution in [0.15, 0.2) is 22.7 Å². The fraction of sp³-hybridized carbons (Fsp3) is 0.385. The van der Waals surface area contributed by atoms with E-state index >= 15 is 0 Å². The maximum absolute atomic E-state index is 12.4. The van der Waals surface area contributed by atoms with E-state index in [4.69, 9.17) is 16.7 Å². The molecule has 0 aliphatic heterocycles. The Kier molecular flexibility index (Phi) is 5.82. The van der Waals surface area contributed by atoms with Crippen LogP contribution in [0.25, 0.3) is 0 Å². The normalized spacial score (nSPS) is 12.0. The minimum absolute atomic E-state index is 0.168. The number of hydrogen-bond acceptors (Lipinski definition) is 2. The number of carbonyl (C=O) groups excluding carboxylic acids is 1. The fourth-order valence-corrected chi connectivity index (χ4v) is 2.19. The lowest BCUT2D eigenvalue weighted by Crippen LogP contribution is -2.41. The van der Waals surface area contributed by atoms with Crippen molar-refractivity contribution >= 4 is 39.4 Å². The van der Waals surface area contributed by atoms with Gasteiger partial charge in [-0.1, -0.05) is 24.6 Å². The molecular weight excluding hydrogens is 334 g/mol. The molecule has 4 nitrogen and oxygen atoms in total. The summed E-state index contributed by atoms with van der Waals surface area (Å²) in [5.74, 6) is -1.41. The van der Waals surface area contributed by atoms with Gasteiger partial charge in [0.25, 0.3) is 5.91 Å². The van der Waals surface area contributed by atoms with E-state index in [1.807, 2.05) is 13.8 Å². The summed E-state index contributed by atoms with van der Waals surface area (Å²) < 4.78 is 0.611. The average Bonchev–Trinajstić information content (AvgIpc) is 2.37. The minimum Gasteiger partial charge on any atom is -0.480 e. The first-order valence-electron chi connectivity index (χ1n) is 5.85. The van der Waals surface area contributed by atoms with Gasteiger partial charge < -0.3 is 10.0 Å². The zero-order chi connectivity index (χ0) is 14.6. The zero-order valence-corrected chi connectivity index (χ0v) is 13.0. The summed E-state index contributed by atoms with van der Waals surface area (Å²) in [6, 6.07) is 4.84. The van der Waals surface area contributed by atoms with E-state index in [9.17, 15) is 9.59 Å². The Morgan fingerprint density at radius 3 is 2.63 bits per heavy atom. The van der Waals surface area contributed by atoms with Crippen molar-refractivity contribution in [2.24, 2.45) is 0 Å². The molecule has 1 aromatic rings. The van der Waals surface area contributed by atoms with Crippen LogP contribution in [0.1, 0.15) is 30.6 Å². The van der Waals surface area contributed by atoms with E-state index in [1.165, 1.54) is 4.90 Å². The largest absolute Gasteiger partial charge is 0.480 e. The minimum atomic E-state index is -1.04. The van der Waals surface area contributed by atoms with Crippen molar-refractivity contribution in [3.63, 3.8) is 0 Å². The summed E-state index contributed by atoms with van der Waals surface area (Å²) in [7, 11) is 0. The van der Waals surface area contributed by atoms with E-state index in [2.05, 4.69) is 15.9 Å². The van der Waals surface area contributed by atoms with Crippen LogP contribution in [0, 0.1) is 0 Å². The number of aliphatic carboxylic acids is 1. The summed E-state index contributed by atoms with van der Waals surface area (Å²) in [6.07, 6.45) is 0.671. The number of carbonyl (C=O) groups is 2. The molecular formula is C13H15BrClNO3. The van der Waals surface area contributed by atoms with Gasteiger partial charge in [-0.15, -0.1) is 0 Å². The number of carboxylic acid groups (broad SMARTS) is 1. The molecule has 19 heavy (non-hydrogen) atoms. The van der Waals surface area contributed by atoms with Gasteiger partial charge >= 0.3 is 5.97 Å². The van der Waals surface area contributed by atoms with Crippen LogP contribution in [0.4, 0.5) is 0 Å². The van der Waals surface area contributed by atoms with Crippen molar-refractivity contribution < 1.29 is 14.7 Å². The fourth-order valence-electron chi connectivity index (χ4n) is 1.62. The first-order valence-corrected chi connectivity index (χ1v) is 7.02. The first-order chi connectivity index (χ1) is 8.88. The Morgan fingerprint density at radius 1 is 1.47 bits per heavy atom. The first kappa shape index (κ1) is 16.0. The van der Waals surface area contributed by atoms with Crippen molar-refractivity contribution in [2.45, 2.75) is 26.3 Å². The molecule has 0 saturated carbocycles. The predicted molar refractivity (Wildman–Crippen MR) is 77.6 cm³/mol. The summed E-state index contributed by atoms with van der Waals surface area (Å²) in [5.41, 5.74) is 0.303. The summed E-state index contributed by atoms with van der Waals surface area (Å²) >= 11 is 9.32. The number of amides is 1. The van der Waals surface area contributed by atoms with Gasteiger partial charge in [0.2, 0.25) is 0 Å². The third kappa shape index (κ3) is 3.94. The molecule has 0 radical (unpaired) electrons. The van der Waals surface area contributed by atoms with Crippen molar-refractivity contribution in [3.8, 4) is 0 Å². The van der Waals surface area contributed by atoms with Crippen molar-refractivity contribution in [3.05, 3.63) is 33.3 Å². The third-order valence-corrected chi connectivity index (χ3v) is 4.17. The van der Waals surface area contributed by atoms with E-state index in [1.54, 1.807) is 18.2 Å². The van der Waals surface area contributed by atoms with Crippen LogP contribution < -0.4 is 0 Å². The van der Waals surface area contributed by atoms with Gasteiger partial charge in [0.1, 0.15) is 6.54 Å². The second kappa shape index (κ2) is 6.91. The Bertz CT molecular complexity index is 493. The van der Waals surface area contributed by atoms with Crippen LogP contribution in [0.5, 0.6) is 0 Å². The van der Waals surface area contributed by atoms with Crippen LogP contribution in [0.2, 0.25) is 5.02 Å². The van der Waals surface area contributed by atoms with E-state index in [0.29, 0.717) is 21.5 Å². The van der Waals surface area contributed by atoms with Gasteiger partial charge in [-0.05, 0) is 41.4 Å². The second-order valence-electron chi connectivity index (χ2n) is 4.19. The molecule has 0 bridgehead atoms. The lowest BCUT2D eigenvalue weighted by molar-refractivity contribution is -0.138. The van der Waals surface area contributed by atoms with Gasteiger partial charge in [-0.3, -0.25) is 9.59 Å². The average molecular weight is 349 g/mol. The second-order valence-corrected chi connectivity index (χ2v) is 5.42. The van der Waals surface area contributed by atoms with E-state index < -0.39 is 5.97 Å². The number of halogens is 2. The Hall–Kier alpha value is -1.07. The number of rotatable bonds is 5. The van der Waals surface area contributed by atoms with Gasteiger partial charge in [-0.25, -0.2) is 0 Å². The molecule has 1 unspecified atom stereocenters. The van der Waals surface area contributed by atoms with Gasteiger partial charge in [-0.2, -0.15) is 0 Å². The quantitative estimate of drug-likeness (QED) is 0.887. The maximum Gasteiger partial charge on any atom is 0.323 e. The molecule has 0 aliphatic carbocycles. The highest BCUT2D eigenvalue weighted by Gasteiger charge is 2.24. The molecule has 0 aliphatic rings. The molecule has 1 N–H and O–H groups in total. The highest BCUT2D eigenvalue weighted by Crippen LogP contribution is 2.27. The van der Waals surface area contributed by atoms with Crippen molar-refractivity contribution in [1.82, 2.24) is 4.90 Å². The predicted octanol–water partition coefficient (Wildman–Crippen LogP) is 3.43. The number of hydrogen-bond donors (Lipinski definition) is 1. The summed E-state index contributed by atoms with van der Waals surface area (Å²) in [6.45, 7) is 3.37. The van der Waals surface area contributed by atoms with Gasteiger partial charge in [0.15, 0.2) is 0 Å². The lowest BCUT2D eigenvalue weighted by Gasteiger charge is -2.27. The highest BCUT2D eigenvalue weighted by atomic mass is 79.9. The Balaban J connectivity index is 3.11. The van der Waals surface area contributed by atoms with Gasteiger partial charge in [0.05, 0.1) is 10.6 Å². The third-order valence-electron chi connectivity index (χ3n) is 2.87. The lowest BCUT2D eigenvalue weighted by atomic mass is 10.1. The topological polar surface area (TPSA) is 57.6 Å². The number of carboxylic acids is 1. The molecule has 0 spiro atoms. The van der Waals surface area contributed by atoms with Crippen LogP contribution in [0.3, 0.4) is 0 Å². The maximum atomic E-state index is 12.4. The molecule has 1 atom stereocenters. The molecule has 0 heterocycles. The molecule has 1 amide bonds. The highest BCUT2D eigenvalue weighted by molar-refractivity contribution is 9.10. The van der Waals surface area contributed by atoms with Crippen molar-refractivity contribution in [2.75, 3.05) is 6.54 Å². The van der Waals surface area contributed by atoms with Crippen LogP contribution in [-0.4, -0.2) is 34.5 Å². The zero-order valence-electron chi connectivity index (χ0n) is 10.7. The molecule has 104 valence electrons. The van der Waals surface area contributed by atoms with E-state index in [0.717, 1.165) is 0 Å². The summed E-state index contributed by atoms with van der Waals surface area (Å²) in [4.78, 5) is 24.6. The molecule has 0 fully saturated rings. The Labute approximate surface area is 125 Å². The van der Waals surface area contributed by atoms with Crippen LogP contribution >= 0.6 is 27.5 Å². The smallest absolute Gasteiger partial charge is 0.323 e. The molecule has 6 heteroatoms. The van der Waals surface area contributed by atoms with Crippen LogP contribution in [-0.2, 0) is 4.79 Å². The SMILES string of the molecule is CCC(C)N(CC(=O)O)C(=O)c1cccc(Br)c1Cl. The summed E-state index contributed by atoms with van der Waals surface area (Å²) in [5, 5.41) is 9.21. The number of benzene rings is 1. The molecule has 1 aromatic carbocycles. The van der Waals surface area contributed by atoms with Gasteiger partial charge in [0, 0.05) is 10.5 Å². The van der Waals surface area contributed by atoms with Crippen molar-refractivity contribution in [1.29, 1.82) is 0 Å².